The fraction of sp³-hybridized carbons (Fsp3) is 0.0698. The molecule has 0 saturated carbocycles. The number of nitrogens with two attached hydrogens (primary N) is 2. The molecule has 4 heteroatoms. The van der Waals surface area contributed by atoms with Gasteiger partial charge in [0.05, 0.1) is 17.9 Å². The van der Waals surface area contributed by atoms with Crippen LogP contribution in [0.4, 0.5) is 0 Å². The van der Waals surface area contributed by atoms with E-state index in [1.54, 1.807) is 0 Å². The average molecular weight is 613 g/mol. The van der Waals surface area contributed by atoms with Gasteiger partial charge in [0.2, 0.25) is 0 Å². The van der Waals surface area contributed by atoms with Crippen LogP contribution in [-0.4, -0.2) is 0 Å². The summed E-state index contributed by atoms with van der Waals surface area (Å²) in [5, 5.41) is 0. The molecule has 0 radical (unpaired) electrons. The molecule has 0 bridgehead atoms. The molecular formula is C43H36N2O2. The summed E-state index contributed by atoms with van der Waals surface area (Å²) in [6.07, 6.45) is 5.83. The lowest BCUT2D eigenvalue weighted by atomic mass is 9.67. The van der Waals surface area contributed by atoms with E-state index in [0.717, 1.165) is 22.3 Å². The highest BCUT2D eigenvalue weighted by Crippen LogP contribution is 2.57. The van der Waals surface area contributed by atoms with E-state index in [2.05, 4.69) is 146 Å². The Morgan fingerprint density at radius 1 is 0.447 bits per heavy atom. The molecule has 0 aliphatic heterocycles. The summed E-state index contributed by atoms with van der Waals surface area (Å²) in [6, 6.07) is 52.8. The van der Waals surface area contributed by atoms with Crippen LogP contribution in [0.15, 0.2) is 171 Å². The van der Waals surface area contributed by atoms with E-state index in [0.29, 0.717) is 13.2 Å². The molecule has 4 nitrogen and oxygen atoms in total. The van der Waals surface area contributed by atoms with Gasteiger partial charge in [-0.1, -0.05) is 133 Å². The first-order valence-electron chi connectivity index (χ1n) is 15.8. The SMILES string of the molecule is N/C=C\OCc1ccc(-c2ccc3c(c2)C(c2ccccc2)(c2ccccc2)c2cc(-c4ccc(CO/C=C\N)cc4)ccc2-3)cc1. The molecule has 0 unspecified atom stereocenters. The highest BCUT2D eigenvalue weighted by atomic mass is 16.5. The third-order valence-corrected chi connectivity index (χ3v) is 8.98. The van der Waals surface area contributed by atoms with E-state index < -0.39 is 5.41 Å². The van der Waals surface area contributed by atoms with Crippen LogP contribution in [0.3, 0.4) is 0 Å². The van der Waals surface area contributed by atoms with Crippen molar-refractivity contribution in [1.82, 2.24) is 0 Å². The van der Waals surface area contributed by atoms with Crippen molar-refractivity contribution >= 4 is 0 Å². The summed E-state index contributed by atoms with van der Waals surface area (Å²) in [5.41, 5.74) is 24.7. The largest absolute Gasteiger partial charge is 0.495 e. The van der Waals surface area contributed by atoms with Gasteiger partial charge in [-0.3, -0.25) is 0 Å². The lowest BCUT2D eigenvalue weighted by Crippen LogP contribution is -2.28. The van der Waals surface area contributed by atoms with E-state index >= 15 is 0 Å². The van der Waals surface area contributed by atoms with Gasteiger partial charge in [0.1, 0.15) is 13.2 Å². The predicted molar refractivity (Wildman–Crippen MR) is 191 cm³/mol. The third-order valence-electron chi connectivity index (χ3n) is 8.98. The number of benzene rings is 6. The van der Waals surface area contributed by atoms with E-state index in [-0.39, 0.29) is 0 Å². The molecular weight excluding hydrogens is 576 g/mol. The Kier molecular flexibility index (Phi) is 8.31. The summed E-state index contributed by atoms with van der Waals surface area (Å²) in [4.78, 5) is 0. The molecule has 0 fully saturated rings. The van der Waals surface area contributed by atoms with Crippen LogP contribution < -0.4 is 11.5 Å². The Morgan fingerprint density at radius 3 is 1.21 bits per heavy atom. The zero-order valence-electron chi connectivity index (χ0n) is 26.1. The van der Waals surface area contributed by atoms with Gasteiger partial charge in [-0.2, -0.15) is 0 Å². The van der Waals surface area contributed by atoms with E-state index in [1.807, 2.05) is 0 Å². The standard InChI is InChI=1S/C43H36N2O2/c44-23-25-46-29-31-11-15-33(16-12-31)35-19-21-39-40-22-20-36(34-17-13-32(14-18-34)30-47-26-24-45)28-42(40)43(41(39)27-35,37-7-3-1-4-8-37)38-9-5-2-6-10-38/h1-28H,29-30,44-45H2/b25-23-,26-24-. The molecule has 6 aromatic rings. The van der Waals surface area contributed by atoms with Gasteiger partial charge in [0.15, 0.2) is 0 Å². The van der Waals surface area contributed by atoms with Gasteiger partial charge in [-0.15, -0.1) is 0 Å². The lowest BCUT2D eigenvalue weighted by molar-refractivity contribution is 0.235. The van der Waals surface area contributed by atoms with Crippen molar-refractivity contribution in [2.24, 2.45) is 11.5 Å². The van der Waals surface area contributed by atoms with Crippen LogP contribution in [0.25, 0.3) is 33.4 Å². The van der Waals surface area contributed by atoms with Crippen molar-refractivity contribution in [3.63, 3.8) is 0 Å². The second-order valence-corrected chi connectivity index (χ2v) is 11.7. The van der Waals surface area contributed by atoms with Crippen LogP contribution >= 0.6 is 0 Å². The van der Waals surface area contributed by atoms with Crippen LogP contribution in [0.5, 0.6) is 0 Å². The zero-order valence-corrected chi connectivity index (χ0v) is 26.1. The summed E-state index contributed by atoms with van der Waals surface area (Å²) in [5.74, 6) is 0. The molecule has 7 rings (SSSR count). The molecule has 0 saturated heterocycles. The smallest absolute Gasteiger partial charge is 0.112 e. The molecule has 1 aliphatic rings. The monoisotopic (exact) mass is 612 g/mol. The molecule has 0 spiro atoms. The first kappa shape index (κ1) is 29.7. The van der Waals surface area contributed by atoms with Crippen LogP contribution in [0, 0.1) is 0 Å². The van der Waals surface area contributed by atoms with Gasteiger partial charge in [-0.05, 0) is 78.9 Å². The highest BCUT2D eigenvalue weighted by Gasteiger charge is 2.46. The summed E-state index contributed by atoms with van der Waals surface area (Å²) < 4.78 is 11.0. The van der Waals surface area contributed by atoms with Crippen molar-refractivity contribution in [3.05, 3.63) is 204 Å². The van der Waals surface area contributed by atoms with Gasteiger partial charge >= 0.3 is 0 Å². The van der Waals surface area contributed by atoms with Crippen molar-refractivity contribution < 1.29 is 9.47 Å². The molecule has 4 N–H and O–H groups in total. The van der Waals surface area contributed by atoms with E-state index in [9.17, 15) is 0 Å². The summed E-state index contributed by atoms with van der Waals surface area (Å²) >= 11 is 0. The minimum atomic E-state index is -0.510. The number of ether oxygens (including phenoxy) is 2. The summed E-state index contributed by atoms with van der Waals surface area (Å²) in [7, 11) is 0. The van der Waals surface area contributed by atoms with Crippen molar-refractivity contribution in [2.75, 3.05) is 0 Å². The number of hydrogen-bond acceptors (Lipinski definition) is 4. The fourth-order valence-electron chi connectivity index (χ4n) is 6.83. The maximum atomic E-state index is 5.49. The highest BCUT2D eigenvalue weighted by molar-refractivity contribution is 5.90. The third kappa shape index (κ3) is 5.55. The molecule has 6 aromatic carbocycles. The molecule has 0 atom stereocenters. The Hall–Kier alpha value is -6.00. The fourth-order valence-corrected chi connectivity index (χ4v) is 6.83. The molecule has 0 heterocycles. The average Bonchev–Trinajstić information content (AvgIpc) is 3.43. The minimum absolute atomic E-state index is 0.475. The minimum Gasteiger partial charge on any atom is -0.495 e. The quantitative estimate of drug-likeness (QED) is 0.151. The molecule has 47 heavy (non-hydrogen) atoms. The van der Waals surface area contributed by atoms with Gasteiger partial charge in [0.25, 0.3) is 0 Å². The summed E-state index contributed by atoms with van der Waals surface area (Å²) in [6.45, 7) is 0.951. The number of fused-ring (bicyclic) bond motifs is 3. The van der Waals surface area contributed by atoms with E-state index in [1.165, 1.54) is 69.4 Å². The van der Waals surface area contributed by atoms with Crippen molar-refractivity contribution in [2.45, 2.75) is 18.6 Å². The van der Waals surface area contributed by atoms with Gasteiger partial charge in [0, 0.05) is 12.4 Å². The first-order valence-corrected chi connectivity index (χ1v) is 15.8. The second kappa shape index (κ2) is 13.2. The molecule has 230 valence electrons. The van der Waals surface area contributed by atoms with E-state index in [4.69, 9.17) is 20.9 Å². The Labute approximate surface area is 276 Å². The van der Waals surface area contributed by atoms with Crippen LogP contribution in [0.2, 0.25) is 0 Å². The van der Waals surface area contributed by atoms with Crippen LogP contribution in [-0.2, 0) is 28.1 Å². The topological polar surface area (TPSA) is 70.5 Å². The zero-order chi connectivity index (χ0) is 32.1. The predicted octanol–water partition coefficient (Wildman–Crippen LogP) is 9.28. The molecule has 0 amide bonds. The number of rotatable bonds is 10. The van der Waals surface area contributed by atoms with Crippen molar-refractivity contribution in [1.29, 1.82) is 0 Å². The maximum Gasteiger partial charge on any atom is 0.112 e. The Bertz CT molecular complexity index is 1880. The Balaban J connectivity index is 1.39. The normalized spacial score (nSPS) is 13.0. The lowest BCUT2D eigenvalue weighted by Gasteiger charge is -2.34. The van der Waals surface area contributed by atoms with Gasteiger partial charge in [-0.25, -0.2) is 0 Å². The first-order chi connectivity index (χ1) is 23.2. The van der Waals surface area contributed by atoms with Crippen molar-refractivity contribution in [3.8, 4) is 33.4 Å². The molecule has 0 aromatic heterocycles. The maximum absolute atomic E-state index is 5.49. The number of hydrogen-bond donors (Lipinski definition) is 2. The van der Waals surface area contributed by atoms with Crippen LogP contribution in [0.1, 0.15) is 33.4 Å². The second-order valence-electron chi connectivity index (χ2n) is 11.7. The molecule has 1 aliphatic carbocycles. The van der Waals surface area contributed by atoms with Gasteiger partial charge < -0.3 is 20.9 Å². The Morgan fingerprint density at radius 2 is 0.830 bits per heavy atom.